The van der Waals surface area contributed by atoms with Crippen LogP contribution in [-0.4, -0.2) is 53.7 Å². The van der Waals surface area contributed by atoms with Crippen LogP contribution in [0.3, 0.4) is 0 Å². The number of rotatable bonds is 6. The lowest BCUT2D eigenvalue weighted by molar-refractivity contribution is 0.0974. The smallest absolute Gasteiger partial charge is 0.180 e. The van der Waals surface area contributed by atoms with Crippen LogP contribution in [0.25, 0.3) is 11.0 Å². The number of aromatic hydroxyl groups is 1. The van der Waals surface area contributed by atoms with Crippen LogP contribution < -0.4 is 4.90 Å². The summed E-state index contributed by atoms with van der Waals surface area (Å²) < 4.78 is 18.3. The van der Waals surface area contributed by atoms with Crippen molar-refractivity contribution in [2.45, 2.75) is 12.8 Å². The molecule has 29 heavy (non-hydrogen) atoms. The first kappa shape index (κ1) is 21.3. The van der Waals surface area contributed by atoms with Gasteiger partial charge in [0.15, 0.2) is 17.2 Å². The third-order valence-electron chi connectivity index (χ3n) is 5.15. The highest BCUT2D eigenvalue weighted by atomic mass is 79.9. The van der Waals surface area contributed by atoms with Crippen molar-refractivity contribution in [2.24, 2.45) is 0 Å². The number of phenols is 1. The predicted molar refractivity (Wildman–Crippen MR) is 115 cm³/mol. The summed E-state index contributed by atoms with van der Waals surface area (Å²) in [5.41, 5.74) is 1.15. The molecule has 0 bridgehead atoms. The highest BCUT2D eigenvalue weighted by molar-refractivity contribution is 8.93. The van der Waals surface area contributed by atoms with Crippen molar-refractivity contribution < 1.29 is 18.8 Å². The fraction of sp³-hybridized carbons (Fsp3) is 0.333. The molecular formula is C21H23BrFN3O3. The monoisotopic (exact) mass is 463 g/mol. The standard InChI is InChI=1S/C21H22FN3O3.BrH/c22-16-5-3-15(4-6-16)19(27)2-1-9-24-10-12-25(13-11-24)21-18-8-7-17(26)14-20(18)28-23-21;/h3-8,14,26H,1-2,9-13H2;1H. The fourth-order valence-electron chi connectivity index (χ4n) is 3.57. The molecule has 0 atom stereocenters. The van der Waals surface area contributed by atoms with Crippen molar-refractivity contribution in [3.05, 3.63) is 53.8 Å². The van der Waals surface area contributed by atoms with Crippen molar-refractivity contribution >= 4 is 39.6 Å². The van der Waals surface area contributed by atoms with Gasteiger partial charge in [0.2, 0.25) is 0 Å². The molecule has 1 aromatic heterocycles. The normalized spacial score (nSPS) is 14.7. The molecular weight excluding hydrogens is 441 g/mol. The number of hydrogen-bond donors (Lipinski definition) is 1. The van der Waals surface area contributed by atoms with Gasteiger partial charge < -0.3 is 14.5 Å². The summed E-state index contributed by atoms with van der Waals surface area (Å²) in [4.78, 5) is 16.7. The topological polar surface area (TPSA) is 69.8 Å². The molecule has 0 unspecified atom stereocenters. The van der Waals surface area contributed by atoms with Gasteiger partial charge in [0.1, 0.15) is 11.6 Å². The Morgan fingerprint density at radius 1 is 1.10 bits per heavy atom. The fourth-order valence-corrected chi connectivity index (χ4v) is 3.57. The molecule has 3 aromatic rings. The lowest BCUT2D eigenvalue weighted by Crippen LogP contribution is -2.46. The number of benzene rings is 2. The summed E-state index contributed by atoms with van der Waals surface area (Å²) in [6.45, 7) is 4.28. The molecule has 0 radical (unpaired) electrons. The van der Waals surface area contributed by atoms with Gasteiger partial charge in [-0.1, -0.05) is 5.16 Å². The van der Waals surface area contributed by atoms with Gasteiger partial charge in [-0.3, -0.25) is 9.69 Å². The van der Waals surface area contributed by atoms with E-state index in [2.05, 4.69) is 15.0 Å². The molecule has 0 saturated carbocycles. The van der Waals surface area contributed by atoms with E-state index in [1.165, 1.54) is 12.1 Å². The zero-order valence-electron chi connectivity index (χ0n) is 15.9. The zero-order chi connectivity index (χ0) is 19.5. The maximum absolute atomic E-state index is 12.9. The molecule has 0 aliphatic carbocycles. The number of nitrogens with zero attached hydrogens (tertiary/aromatic N) is 3. The van der Waals surface area contributed by atoms with Gasteiger partial charge in [0, 0.05) is 44.2 Å². The molecule has 6 nitrogen and oxygen atoms in total. The van der Waals surface area contributed by atoms with Gasteiger partial charge in [-0.05, 0) is 49.4 Å². The van der Waals surface area contributed by atoms with E-state index in [0.29, 0.717) is 17.6 Å². The quantitative estimate of drug-likeness (QED) is 0.556. The SMILES string of the molecule is Br.O=C(CCCN1CCN(c2noc3cc(O)ccc23)CC1)c1ccc(F)cc1. The third-order valence-corrected chi connectivity index (χ3v) is 5.15. The van der Waals surface area contributed by atoms with Gasteiger partial charge in [-0.2, -0.15) is 0 Å². The number of fused-ring (bicyclic) bond motifs is 1. The number of ketones is 1. The van der Waals surface area contributed by atoms with Crippen LogP contribution in [0.4, 0.5) is 10.2 Å². The van der Waals surface area contributed by atoms with Crippen molar-refractivity contribution in [3.8, 4) is 5.75 Å². The second-order valence-electron chi connectivity index (χ2n) is 7.05. The van der Waals surface area contributed by atoms with Crippen LogP contribution in [0.15, 0.2) is 47.0 Å². The molecule has 0 amide bonds. The number of piperazine rings is 1. The minimum absolute atomic E-state index is 0. The summed E-state index contributed by atoms with van der Waals surface area (Å²) in [7, 11) is 0. The molecule has 154 valence electrons. The Kier molecular flexibility index (Phi) is 6.87. The van der Waals surface area contributed by atoms with Crippen molar-refractivity contribution in [3.63, 3.8) is 0 Å². The first-order chi connectivity index (χ1) is 13.6. The largest absolute Gasteiger partial charge is 0.508 e. The molecule has 1 aliphatic rings. The maximum Gasteiger partial charge on any atom is 0.180 e. The number of carbonyl (C=O) groups excluding carboxylic acids is 1. The van der Waals surface area contributed by atoms with Gasteiger partial charge >= 0.3 is 0 Å². The molecule has 2 aromatic carbocycles. The van der Waals surface area contributed by atoms with Crippen LogP contribution >= 0.6 is 17.0 Å². The Hall–Kier alpha value is -2.45. The van der Waals surface area contributed by atoms with Gasteiger partial charge in [-0.15, -0.1) is 17.0 Å². The van der Waals surface area contributed by atoms with Crippen molar-refractivity contribution in [1.29, 1.82) is 0 Å². The predicted octanol–water partition coefficient (Wildman–Crippen LogP) is 4.04. The van der Waals surface area contributed by atoms with Crippen LogP contribution in [0.5, 0.6) is 5.75 Å². The van der Waals surface area contributed by atoms with E-state index < -0.39 is 0 Å². The summed E-state index contributed by atoms with van der Waals surface area (Å²) in [5.74, 6) is 0.693. The highest BCUT2D eigenvalue weighted by Crippen LogP contribution is 2.29. The Morgan fingerprint density at radius 2 is 1.83 bits per heavy atom. The average molecular weight is 464 g/mol. The Morgan fingerprint density at radius 3 is 2.55 bits per heavy atom. The average Bonchev–Trinajstić information content (AvgIpc) is 3.12. The van der Waals surface area contributed by atoms with E-state index in [9.17, 15) is 14.3 Å². The summed E-state index contributed by atoms with van der Waals surface area (Å²) >= 11 is 0. The Balaban J connectivity index is 0.00000240. The summed E-state index contributed by atoms with van der Waals surface area (Å²) in [5, 5.41) is 14.6. The lowest BCUT2D eigenvalue weighted by Gasteiger charge is -2.34. The first-order valence-corrected chi connectivity index (χ1v) is 9.44. The first-order valence-electron chi connectivity index (χ1n) is 9.44. The van der Waals surface area contributed by atoms with E-state index in [1.807, 2.05) is 6.07 Å². The maximum atomic E-state index is 12.9. The third kappa shape index (κ3) is 4.94. The second-order valence-corrected chi connectivity index (χ2v) is 7.05. The van der Waals surface area contributed by atoms with E-state index >= 15 is 0 Å². The summed E-state index contributed by atoms with van der Waals surface area (Å²) in [6.07, 6.45) is 1.24. The number of hydrogen-bond acceptors (Lipinski definition) is 6. The van der Waals surface area contributed by atoms with E-state index in [0.717, 1.165) is 50.3 Å². The molecule has 0 spiro atoms. The number of aromatic nitrogens is 1. The summed E-state index contributed by atoms with van der Waals surface area (Å²) in [6, 6.07) is 10.8. The highest BCUT2D eigenvalue weighted by Gasteiger charge is 2.21. The van der Waals surface area contributed by atoms with Gasteiger partial charge in [0.25, 0.3) is 0 Å². The number of anilines is 1. The zero-order valence-corrected chi connectivity index (χ0v) is 17.6. The molecule has 4 rings (SSSR count). The van der Waals surface area contributed by atoms with Crippen LogP contribution in [0, 0.1) is 5.82 Å². The number of phenolic OH excluding ortho intramolecular Hbond substituents is 1. The lowest BCUT2D eigenvalue weighted by atomic mass is 10.1. The second kappa shape index (κ2) is 9.37. The number of halogens is 2. The van der Waals surface area contributed by atoms with Gasteiger partial charge in [-0.25, -0.2) is 4.39 Å². The van der Waals surface area contributed by atoms with Crippen LogP contribution in [0.2, 0.25) is 0 Å². The molecule has 1 aliphatic heterocycles. The van der Waals surface area contributed by atoms with Crippen LogP contribution in [-0.2, 0) is 0 Å². The minimum Gasteiger partial charge on any atom is -0.508 e. The molecule has 1 fully saturated rings. The number of carbonyl (C=O) groups is 1. The Bertz CT molecular complexity index is 969. The molecule has 8 heteroatoms. The van der Waals surface area contributed by atoms with Crippen molar-refractivity contribution in [1.82, 2.24) is 10.1 Å². The number of Topliss-reactive ketones (excluding diaryl/α,β-unsaturated/α-hetero) is 1. The molecule has 2 heterocycles. The van der Waals surface area contributed by atoms with E-state index in [-0.39, 0.29) is 34.3 Å². The van der Waals surface area contributed by atoms with Crippen LogP contribution in [0.1, 0.15) is 23.2 Å². The Labute approximate surface area is 178 Å². The van der Waals surface area contributed by atoms with Gasteiger partial charge in [0.05, 0.1) is 5.39 Å². The molecule has 1 saturated heterocycles. The van der Waals surface area contributed by atoms with Crippen molar-refractivity contribution in [2.75, 3.05) is 37.6 Å². The minimum atomic E-state index is -0.328. The van der Waals surface area contributed by atoms with E-state index in [1.54, 1.807) is 24.3 Å². The molecule has 1 N–H and O–H groups in total. The van der Waals surface area contributed by atoms with E-state index in [4.69, 9.17) is 4.52 Å².